The Morgan fingerprint density at radius 3 is 2.85 bits per heavy atom. The highest BCUT2D eigenvalue weighted by atomic mass is 35.5. The van der Waals surface area contributed by atoms with E-state index < -0.39 is 0 Å². The molecule has 0 saturated heterocycles. The third-order valence-electron chi connectivity index (χ3n) is 3.07. The zero-order valence-corrected chi connectivity index (χ0v) is 12.2. The highest BCUT2D eigenvalue weighted by Crippen LogP contribution is 2.20. The molecule has 4 nitrogen and oxygen atoms in total. The van der Waals surface area contributed by atoms with Gasteiger partial charge in [-0.3, -0.25) is 9.78 Å². The number of carbonyl (C=O) groups excluding carboxylic acids is 1. The first kappa shape index (κ1) is 14.3. The molecular formula is C15H16ClN3O. The molecule has 1 aromatic carbocycles. The summed E-state index contributed by atoms with van der Waals surface area (Å²) < 4.78 is 0. The Morgan fingerprint density at radius 2 is 2.15 bits per heavy atom. The molecule has 0 aliphatic rings. The third-order valence-corrected chi connectivity index (χ3v) is 3.31. The van der Waals surface area contributed by atoms with E-state index in [1.165, 1.54) is 0 Å². The van der Waals surface area contributed by atoms with Gasteiger partial charge >= 0.3 is 0 Å². The maximum Gasteiger partial charge on any atom is 0.253 e. The van der Waals surface area contributed by atoms with E-state index in [2.05, 4.69) is 15.6 Å². The van der Waals surface area contributed by atoms with Crippen molar-refractivity contribution < 1.29 is 4.79 Å². The van der Waals surface area contributed by atoms with Crippen molar-refractivity contribution in [3.63, 3.8) is 0 Å². The summed E-state index contributed by atoms with van der Waals surface area (Å²) in [5, 5.41) is 6.41. The van der Waals surface area contributed by atoms with E-state index in [-0.39, 0.29) is 5.91 Å². The predicted molar refractivity (Wildman–Crippen MR) is 81.1 cm³/mol. The maximum atomic E-state index is 12.2. The van der Waals surface area contributed by atoms with Crippen molar-refractivity contribution in [1.29, 1.82) is 0 Å². The molecule has 1 heterocycles. The zero-order valence-electron chi connectivity index (χ0n) is 11.4. The Morgan fingerprint density at radius 1 is 1.35 bits per heavy atom. The van der Waals surface area contributed by atoms with Crippen LogP contribution in [0.5, 0.6) is 0 Å². The summed E-state index contributed by atoms with van der Waals surface area (Å²) in [7, 11) is 1.77. The van der Waals surface area contributed by atoms with E-state index in [0.29, 0.717) is 17.1 Å². The second-order valence-corrected chi connectivity index (χ2v) is 4.86. The highest BCUT2D eigenvalue weighted by Gasteiger charge is 2.11. The first-order valence-electron chi connectivity index (χ1n) is 6.27. The summed E-state index contributed by atoms with van der Waals surface area (Å²) in [5.41, 5.74) is 3.37. The number of carbonyl (C=O) groups is 1. The summed E-state index contributed by atoms with van der Waals surface area (Å²) in [6.45, 7) is 2.43. The highest BCUT2D eigenvalue weighted by molar-refractivity contribution is 6.31. The molecule has 2 aromatic rings. The van der Waals surface area contributed by atoms with Crippen LogP contribution in [0.4, 0.5) is 5.69 Å². The van der Waals surface area contributed by atoms with Crippen LogP contribution in [0.1, 0.15) is 21.5 Å². The summed E-state index contributed by atoms with van der Waals surface area (Å²) >= 11 is 5.94. The molecule has 5 heteroatoms. The summed E-state index contributed by atoms with van der Waals surface area (Å²) in [4.78, 5) is 16.3. The van der Waals surface area contributed by atoms with E-state index in [1.807, 2.05) is 13.0 Å². The summed E-state index contributed by atoms with van der Waals surface area (Å²) in [6.07, 6.45) is 3.49. The fraction of sp³-hybridized carbons (Fsp3) is 0.200. The molecule has 0 fully saturated rings. The lowest BCUT2D eigenvalue weighted by Crippen LogP contribution is -2.24. The second kappa shape index (κ2) is 6.39. The number of amides is 1. The van der Waals surface area contributed by atoms with Crippen LogP contribution in [-0.2, 0) is 6.54 Å². The van der Waals surface area contributed by atoms with Gasteiger partial charge in [0, 0.05) is 36.7 Å². The van der Waals surface area contributed by atoms with Gasteiger partial charge in [-0.05, 0) is 42.3 Å². The van der Waals surface area contributed by atoms with Gasteiger partial charge in [-0.1, -0.05) is 11.6 Å². The van der Waals surface area contributed by atoms with Crippen molar-refractivity contribution in [3.05, 3.63) is 58.4 Å². The molecule has 0 saturated carbocycles. The first-order chi connectivity index (χ1) is 9.61. The van der Waals surface area contributed by atoms with Crippen LogP contribution in [0.2, 0.25) is 5.02 Å². The lowest BCUT2D eigenvalue weighted by Gasteiger charge is -2.11. The quantitative estimate of drug-likeness (QED) is 0.910. The van der Waals surface area contributed by atoms with Gasteiger partial charge in [0.05, 0.1) is 5.56 Å². The molecule has 2 N–H and O–H groups in total. The second-order valence-electron chi connectivity index (χ2n) is 4.42. The number of hydrogen-bond acceptors (Lipinski definition) is 3. The number of benzene rings is 1. The summed E-state index contributed by atoms with van der Waals surface area (Å²) in [6, 6.07) is 7.08. The minimum Gasteiger partial charge on any atom is -0.387 e. The first-order valence-corrected chi connectivity index (χ1v) is 6.64. The number of nitrogens with zero attached hydrogens (tertiary/aromatic N) is 1. The van der Waals surface area contributed by atoms with E-state index in [1.54, 1.807) is 37.6 Å². The SMILES string of the molecule is CNc1ccc(Cl)cc1C(=O)NCc1ccncc1C. The van der Waals surface area contributed by atoms with Gasteiger partial charge in [-0.2, -0.15) is 0 Å². The van der Waals surface area contributed by atoms with Gasteiger partial charge in [0.2, 0.25) is 0 Å². The van der Waals surface area contributed by atoms with E-state index in [0.717, 1.165) is 16.8 Å². The maximum absolute atomic E-state index is 12.2. The molecule has 0 unspecified atom stereocenters. The fourth-order valence-corrected chi connectivity index (χ4v) is 2.07. The van der Waals surface area contributed by atoms with Crippen molar-refractivity contribution in [3.8, 4) is 0 Å². The topological polar surface area (TPSA) is 54.0 Å². The Labute approximate surface area is 123 Å². The smallest absolute Gasteiger partial charge is 0.253 e. The van der Waals surface area contributed by atoms with Crippen molar-refractivity contribution in [2.45, 2.75) is 13.5 Å². The third kappa shape index (κ3) is 3.27. The monoisotopic (exact) mass is 289 g/mol. The number of aryl methyl sites for hydroxylation is 1. The molecule has 0 radical (unpaired) electrons. The fourth-order valence-electron chi connectivity index (χ4n) is 1.89. The zero-order chi connectivity index (χ0) is 14.5. The Bertz CT molecular complexity index is 628. The molecule has 0 atom stereocenters. The Kier molecular flexibility index (Phi) is 4.58. The molecule has 0 bridgehead atoms. The number of rotatable bonds is 4. The number of aromatic nitrogens is 1. The van der Waals surface area contributed by atoms with Crippen LogP contribution < -0.4 is 10.6 Å². The number of anilines is 1. The predicted octanol–water partition coefficient (Wildman–Crippen LogP) is 3.02. The van der Waals surface area contributed by atoms with E-state index in [4.69, 9.17) is 11.6 Å². The lowest BCUT2D eigenvalue weighted by atomic mass is 10.1. The average molecular weight is 290 g/mol. The van der Waals surface area contributed by atoms with Gasteiger partial charge in [0.15, 0.2) is 0 Å². The average Bonchev–Trinajstić information content (AvgIpc) is 2.46. The number of hydrogen-bond donors (Lipinski definition) is 2. The standard InChI is InChI=1S/C15H16ClN3O/c1-10-8-18-6-5-11(10)9-19-15(20)13-7-12(16)3-4-14(13)17-2/h3-8,17H,9H2,1-2H3,(H,19,20). The van der Waals surface area contributed by atoms with Gasteiger partial charge in [-0.15, -0.1) is 0 Å². The van der Waals surface area contributed by atoms with Gasteiger partial charge in [0.1, 0.15) is 0 Å². The van der Waals surface area contributed by atoms with Crippen molar-refractivity contribution >= 4 is 23.2 Å². The molecule has 0 aliphatic carbocycles. The van der Waals surface area contributed by atoms with E-state index >= 15 is 0 Å². The van der Waals surface area contributed by atoms with Crippen LogP contribution in [0, 0.1) is 6.92 Å². The summed E-state index contributed by atoms with van der Waals surface area (Å²) in [5.74, 6) is -0.159. The van der Waals surface area contributed by atoms with Gasteiger partial charge in [-0.25, -0.2) is 0 Å². The molecule has 2 rings (SSSR count). The van der Waals surface area contributed by atoms with Crippen LogP contribution >= 0.6 is 11.6 Å². The van der Waals surface area contributed by atoms with Crippen LogP contribution in [0.15, 0.2) is 36.7 Å². The van der Waals surface area contributed by atoms with Crippen LogP contribution in [-0.4, -0.2) is 17.9 Å². The largest absolute Gasteiger partial charge is 0.387 e. The minimum atomic E-state index is -0.159. The van der Waals surface area contributed by atoms with Crippen molar-refractivity contribution in [2.24, 2.45) is 0 Å². The Hall–Kier alpha value is -2.07. The number of pyridine rings is 1. The molecule has 1 aromatic heterocycles. The minimum absolute atomic E-state index is 0.159. The van der Waals surface area contributed by atoms with Crippen molar-refractivity contribution in [2.75, 3.05) is 12.4 Å². The van der Waals surface area contributed by atoms with Crippen LogP contribution in [0.25, 0.3) is 0 Å². The Balaban J connectivity index is 2.13. The van der Waals surface area contributed by atoms with Gasteiger partial charge < -0.3 is 10.6 Å². The molecule has 104 valence electrons. The van der Waals surface area contributed by atoms with Crippen LogP contribution in [0.3, 0.4) is 0 Å². The lowest BCUT2D eigenvalue weighted by molar-refractivity contribution is 0.0951. The van der Waals surface area contributed by atoms with E-state index in [9.17, 15) is 4.79 Å². The van der Waals surface area contributed by atoms with Gasteiger partial charge in [0.25, 0.3) is 5.91 Å². The molecular weight excluding hydrogens is 274 g/mol. The molecule has 0 aliphatic heterocycles. The molecule has 1 amide bonds. The van der Waals surface area contributed by atoms with Crippen molar-refractivity contribution in [1.82, 2.24) is 10.3 Å². The molecule has 0 spiro atoms. The molecule has 20 heavy (non-hydrogen) atoms. The normalized spacial score (nSPS) is 10.2. The number of nitrogens with one attached hydrogen (secondary N) is 2. The number of halogens is 1.